The molecule has 0 radical (unpaired) electrons. The molecule has 0 atom stereocenters. The normalized spacial score (nSPS) is 19.0. The molecule has 2 N–H and O–H groups in total. The van der Waals surface area contributed by atoms with Gasteiger partial charge in [0.15, 0.2) is 0 Å². The molecule has 1 saturated heterocycles. The van der Waals surface area contributed by atoms with E-state index in [4.69, 9.17) is 4.74 Å². The molecule has 1 fully saturated rings. The van der Waals surface area contributed by atoms with Crippen LogP contribution in [0.1, 0.15) is 43.9 Å². The maximum absolute atomic E-state index is 12.5. The molecule has 7 nitrogen and oxygen atoms in total. The number of nitrogens with zero attached hydrogens (tertiary/aromatic N) is 1. The van der Waals surface area contributed by atoms with Crippen LogP contribution < -0.4 is 10.6 Å². The van der Waals surface area contributed by atoms with Crippen molar-refractivity contribution in [2.24, 2.45) is 5.41 Å². The topological polar surface area (TPSA) is 87.7 Å². The van der Waals surface area contributed by atoms with E-state index in [9.17, 15) is 14.4 Å². The summed E-state index contributed by atoms with van der Waals surface area (Å²) in [6.07, 6.45) is 1.87. The van der Waals surface area contributed by atoms with E-state index in [0.29, 0.717) is 24.3 Å². The smallest absolute Gasteiger partial charge is 0.261 e. The van der Waals surface area contributed by atoms with Crippen molar-refractivity contribution >= 4 is 17.7 Å². The van der Waals surface area contributed by atoms with Gasteiger partial charge in [-0.15, -0.1) is 0 Å². The highest BCUT2D eigenvalue weighted by Gasteiger charge is 2.34. The number of methoxy groups -OCH3 is 1. The Labute approximate surface area is 146 Å². The minimum atomic E-state index is -0.371. The fraction of sp³-hybridized carbons (Fsp3) is 0.500. The summed E-state index contributed by atoms with van der Waals surface area (Å²) in [5.41, 5.74) is 0.946. The zero-order valence-electron chi connectivity index (χ0n) is 14.6. The van der Waals surface area contributed by atoms with Crippen molar-refractivity contribution in [3.8, 4) is 0 Å². The lowest BCUT2D eigenvalue weighted by Gasteiger charge is -2.37. The summed E-state index contributed by atoms with van der Waals surface area (Å²) in [5.74, 6) is -0.948. The average molecular weight is 345 g/mol. The van der Waals surface area contributed by atoms with Gasteiger partial charge in [0.05, 0.1) is 17.7 Å². The fourth-order valence-corrected chi connectivity index (χ4v) is 3.51. The lowest BCUT2D eigenvalue weighted by Crippen LogP contribution is -2.47. The molecular weight excluding hydrogens is 322 g/mol. The van der Waals surface area contributed by atoms with Crippen LogP contribution in [0.5, 0.6) is 0 Å². The summed E-state index contributed by atoms with van der Waals surface area (Å²) in [6.45, 7) is 2.92. The molecule has 3 rings (SSSR count). The maximum Gasteiger partial charge on any atom is 0.261 e. The number of hydrogen-bond acceptors (Lipinski definition) is 5. The monoisotopic (exact) mass is 345 g/mol. The Kier molecular flexibility index (Phi) is 4.87. The van der Waals surface area contributed by atoms with Gasteiger partial charge < -0.3 is 15.4 Å². The lowest BCUT2D eigenvalue weighted by atomic mass is 9.79. The summed E-state index contributed by atoms with van der Waals surface area (Å²) in [6, 6.07) is 4.63. The van der Waals surface area contributed by atoms with E-state index >= 15 is 0 Å². The standard InChI is InChI=1S/C18H23N3O4/c1-21-16(23)13-4-3-12(9-14(13)17(21)24)15(22)20-10-18(11-25-2)5-7-19-8-6-18/h3-4,9,19H,5-8,10-11H2,1-2H3,(H,20,22). The van der Waals surface area contributed by atoms with Crippen LogP contribution in [0, 0.1) is 5.41 Å². The third kappa shape index (κ3) is 3.29. The lowest BCUT2D eigenvalue weighted by molar-refractivity contribution is 0.0511. The summed E-state index contributed by atoms with van der Waals surface area (Å²) >= 11 is 0. The number of carbonyl (C=O) groups excluding carboxylic acids is 3. The second kappa shape index (κ2) is 6.93. The molecule has 3 amide bonds. The number of benzene rings is 1. The number of rotatable bonds is 5. The number of nitrogens with one attached hydrogen (secondary N) is 2. The van der Waals surface area contributed by atoms with E-state index in [0.717, 1.165) is 30.8 Å². The molecule has 1 aromatic carbocycles. The van der Waals surface area contributed by atoms with Crippen molar-refractivity contribution in [3.63, 3.8) is 0 Å². The van der Waals surface area contributed by atoms with Crippen LogP contribution >= 0.6 is 0 Å². The minimum absolute atomic E-state index is 0.0710. The Balaban J connectivity index is 1.72. The Morgan fingerprint density at radius 3 is 2.60 bits per heavy atom. The first-order valence-electron chi connectivity index (χ1n) is 8.42. The highest BCUT2D eigenvalue weighted by atomic mass is 16.5. The van der Waals surface area contributed by atoms with Crippen molar-refractivity contribution in [1.82, 2.24) is 15.5 Å². The van der Waals surface area contributed by atoms with Crippen LogP contribution in [-0.4, -0.2) is 63.0 Å². The Hall–Kier alpha value is -2.25. The minimum Gasteiger partial charge on any atom is -0.384 e. The number of carbonyl (C=O) groups is 3. The zero-order valence-corrected chi connectivity index (χ0v) is 14.6. The van der Waals surface area contributed by atoms with Crippen LogP contribution in [0.3, 0.4) is 0 Å². The van der Waals surface area contributed by atoms with Gasteiger partial charge in [0, 0.05) is 31.7 Å². The van der Waals surface area contributed by atoms with Gasteiger partial charge in [-0.05, 0) is 44.1 Å². The molecule has 25 heavy (non-hydrogen) atoms. The number of piperidine rings is 1. The van der Waals surface area contributed by atoms with Gasteiger partial charge in [-0.2, -0.15) is 0 Å². The highest BCUT2D eigenvalue weighted by molar-refractivity contribution is 6.21. The fourth-order valence-electron chi connectivity index (χ4n) is 3.51. The number of hydrogen-bond donors (Lipinski definition) is 2. The molecular formula is C18H23N3O4. The van der Waals surface area contributed by atoms with E-state index in [2.05, 4.69) is 10.6 Å². The molecule has 7 heteroatoms. The van der Waals surface area contributed by atoms with E-state index in [1.54, 1.807) is 19.2 Å². The summed E-state index contributed by atoms with van der Waals surface area (Å²) in [4.78, 5) is 37.6. The molecule has 1 aromatic rings. The van der Waals surface area contributed by atoms with Crippen molar-refractivity contribution < 1.29 is 19.1 Å². The predicted octanol–water partition coefficient (Wildman–Crippen LogP) is 0.658. The van der Waals surface area contributed by atoms with Crippen LogP contribution in [-0.2, 0) is 4.74 Å². The van der Waals surface area contributed by atoms with Crippen LogP contribution in [0.2, 0.25) is 0 Å². The molecule has 0 aromatic heterocycles. The third-order valence-corrected chi connectivity index (χ3v) is 5.09. The molecule has 134 valence electrons. The van der Waals surface area contributed by atoms with Gasteiger partial charge in [0.1, 0.15) is 0 Å². The van der Waals surface area contributed by atoms with Crippen LogP contribution in [0.15, 0.2) is 18.2 Å². The molecule has 0 bridgehead atoms. The largest absolute Gasteiger partial charge is 0.384 e. The molecule has 2 aliphatic rings. The van der Waals surface area contributed by atoms with Gasteiger partial charge in [-0.25, -0.2) is 0 Å². The van der Waals surface area contributed by atoms with Crippen LogP contribution in [0.25, 0.3) is 0 Å². The van der Waals surface area contributed by atoms with Crippen LogP contribution in [0.4, 0.5) is 0 Å². The molecule has 2 heterocycles. The molecule has 0 aliphatic carbocycles. The van der Waals surface area contributed by atoms with Crippen molar-refractivity contribution in [3.05, 3.63) is 34.9 Å². The summed E-state index contributed by atoms with van der Waals surface area (Å²) < 4.78 is 5.35. The van der Waals surface area contributed by atoms with E-state index in [1.165, 1.54) is 13.1 Å². The predicted molar refractivity (Wildman–Crippen MR) is 91.6 cm³/mol. The van der Waals surface area contributed by atoms with Gasteiger partial charge in [-0.1, -0.05) is 0 Å². The van der Waals surface area contributed by atoms with Crippen molar-refractivity contribution in [1.29, 1.82) is 0 Å². The SMILES string of the molecule is COCC1(CNC(=O)c2ccc3c(c2)C(=O)N(C)C3=O)CCNCC1. The summed E-state index contributed by atoms with van der Waals surface area (Å²) in [5, 5.41) is 6.28. The number of ether oxygens (including phenoxy) is 1. The molecule has 0 saturated carbocycles. The average Bonchev–Trinajstić information content (AvgIpc) is 2.85. The molecule has 0 unspecified atom stereocenters. The first-order valence-corrected chi connectivity index (χ1v) is 8.42. The first-order chi connectivity index (χ1) is 12.0. The number of imide groups is 1. The van der Waals surface area contributed by atoms with Gasteiger partial charge in [0.25, 0.3) is 17.7 Å². The van der Waals surface area contributed by atoms with E-state index < -0.39 is 0 Å². The van der Waals surface area contributed by atoms with Crippen molar-refractivity contribution in [2.45, 2.75) is 12.8 Å². The molecule has 2 aliphatic heterocycles. The van der Waals surface area contributed by atoms with Gasteiger partial charge in [-0.3, -0.25) is 19.3 Å². The second-order valence-corrected chi connectivity index (χ2v) is 6.80. The highest BCUT2D eigenvalue weighted by Crippen LogP contribution is 2.28. The number of fused-ring (bicyclic) bond motifs is 1. The number of amides is 3. The maximum atomic E-state index is 12.5. The summed E-state index contributed by atoms with van der Waals surface area (Å²) in [7, 11) is 3.11. The third-order valence-electron chi connectivity index (χ3n) is 5.09. The molecule has 0 spiro atoms. The van der Waals surface area contributed by atoms with Gasteiger partial charge in [0.2, 0.25) is 0 Å². The van der Waals surface area contributed by atoms with Gasteiger partial charge >= 0.3 is 0 Å². The zero-order chi connectivity index (χ0) is 18.0. The Morgan fingerprint density at radius 2 is 1.92 bits per heavy atom. The second-order valence-electron chi connectivity index (χ2n) is 6.80. The van der Waals surface area contributed by atoms with Crippen molar-refractivity contribution in [2.75, 3.05) is 40.4 Å². The Bertz CT molecular complexity index is 705. The van der Waals surface area contributed by atoms with E-state index in [1.807, 2.05) is 0 Å². The first kappa shape index (κ1) is 17.6. The quantitative estimate of drug-likeness (QED) is 0.766. The Morgan fingerprint density at radius 1 is 1.24 bits per heavy atom. The van der Waals surface area contributed by atoms with E-state index in [-0.39, 0.29) is 28.7 Å².